The van der Waals surface area contributed by atoms with Crippen molar-refractivity contribution in [2.45, 2.75) is 66.3 Å². The van der Waals surface area contributed by atoms with Crippen LogP contribution in [0.15, 0.2) is 4.42 Å². The molecule has 5 heteroatoms. The van der Waals surface area contributed by atoms with Gasteiger partial charge in [-0.3, -0.25) is 0 Å². The number of anilines is 1. The Morgan fingerprint density at radius 2 is 1.71 bits per heavy atom. The number of rotatable bonds is 12. The number of hydrogen-bond acceptors (Lipinski definition) is 5. The van der Waals surface area contributed by atoms with Gasteiger partial charge in [-0.15, -0.1) is 5.10 Å². The van der Waals surface area contributed by atoms with Gasteiger partial charge < -0.3 is 15.1 Å². The molecule has 122 valence electrons. The van der Waals surface area contributed by atoms with Gasteiger partial charge in [-0.2, -0.15) is 0 Å². The SMILES string of the molecule is CC(C)CCCCCCNc1nnc(CNCC(C)C)o1. The van der Waals surface area contributed by atoms with Crippen LogP contribution in [0.25, 0.3) is 0 Å². The van der Waals surface area contributed by atoms with Crippen molar-refractivity contribution in [1.82, 2.24) is 15.5 Å². The summed E-state index contributed by atoms with van der Waals surface area (Å²) < 4.78 is 5.53. The number of hydrogen-bond donors (Lipinski definition) is 2. The molecule has 0 aliphatic carbocycles. The zero-order valence-electron chi connectivity index (χ0n) is 14.1. The quantitative estimate of drug-likeness (QED) is 0.574. The molecule has 21 heavy (non-hydrogen) atoms. The Balaban J connectivity index is 2.03. The number of nitrogens with one attached hydrogen (secondary N) is 2. The summed E-state index contributed by atoms with van der Waals surface area (Å²) in [5, 5.41) is 14.5. The van der Waals surface area contributed by atoms with E-state index in [2.05, 4.69) is 48.5 Å². The Labute approximate surface area is 129 Å². The molecule has 0 aliphatic rings. The van der Waals surface area contributed by atoms with Gasteiger partial charge in [-0.25, -0.2) is 0 Å². The van der Waals surface area contributed by atoms with Gasteiger partial charge in [0.15, 0.2) is 0 Å². The van der Waals surface area contributed by atoms with Gasteiger partial charge >= 0.3 is 6.01 Å². The van der Waals surface area contributed by atoms with E-state index in [9.17, 15) is 0 Å². The minimum atomic E-state index is 0.540. The topological polar surface area (TPSA) is 63.0 Å². The summed E-state index contributed by atoms with van der Waals surface area (Å²) in [6, 6.07) is 0.540. The van der Waals surface area contributed by atoms with E-state index >= 15 is 0 Å². The molecule has 2 N–H and O–H groups in total. The van der Waals surface area contributed by atoms with Crippen LogP contribution in [-0.4, -0.2) is 23.3 Å². The average Bonchev–Trinajstić information content (AvgIpc) is 2.85. The molecule has 0 spiro atoms. The van der Waals surface area contributed by atoms with E-state index in [1.807, 2.05) is 0 Å². The smallest absolute Gasteiger partial charge is 0.315 e. The first kappa shape index (κ1) is 18.0. The Morgan fingerprint density at radius 1 is 0.952 bits per heavy atom. The number of aromatic nitrogens is 2. The highest BCUT2D eigenvalue weighted by Gasteiger charge is 2.05. The van der Waals surface area contributed by atoms with Gasteiger partial charge in [0.25, 0.3) is 0 Å². The van der Waals surface area contributed by atoms with Gasteiger partial charge in [-0.1, -0.05) is 58.5 Å². The van der Waals surface area contributed by atoms with Gasteiger partial charge in [0, 0.05) is 6.54 Å². The fourth-order valence-electron chi connectivity index (χ4n) is 2.09. The van der Waals surface area contributed by atoms with Crippen LogP contribution in [0.3, 0.4) is 0 Å². The summed E-state index contributed by atoms with van der Waals surface area (Å²) in [6.45, 7) is 11.4. The van der Waals surface area contributed by atoms with Crippen LogP contribution >= 0.6 is 0 Å². The molecule has 5 nitrogen and oxygen atoms in total. The van der Waals surface area contributed by atoms with Crippen molar-refractivity contribution in [1.29, 1.82) is 0 Å². The molecule has 0 aromatic carbocycles. The van der Waals surface area contributed by atoms with Crippen molar-refractivity contribution in [3.63, 3.8) is 0 Å². The molecule has 0 amide bonds. The van der Waals surface area contributed by atoms with Crippen LogP contribution in [0, 0.1) is 11.8 Å². The molecular weight excluding hydrogens is 264 g/mol. The van der Waals surface area contributed by atoms with Crippen LogP contribution in [0.5, 0.6) is 0 Å². The van der Waals surface area contributed by atoms with Gasteiger partial charge in [-0.05, 0) is 24.8 Å². The highest BCUT2D eigenvalue weighted by Crippen LogP contribution is 2.10. The van der Waals surface area contributed by atoms with Crippen LogP contribution < -0.4 is 10.6 Å². The van der Waals surface area contributed by atoms with Crippen molar-refractivity contribution >= 4 is 6.01 Å². The summed E-state index contributed by atoms with van der Waals surface area (Å²) in [7, 11) is 0. The summed E-state index contributed by atoms with van der Waals surface area (Å²) in [5.74, 6) is 2.10. The van der Waals surface area contributed by atoms with E-state index in [0.717, 1.165) is 25.4 Å². The zero-order valence-corrected chi connectivity index (χ0v) is 14.1. The molecule has 1 heterocycles. The molecule has 1 rings (SSSR count). The van der Waals surface area contributed by atoms with E-state index in [-0.39, 0.29) is 0 Å². The Morgan fingerprint density at radius 3 is 2.43 bits per heavy atom. The largest absolute Gasteiger partial charge is 0.407 e. The van der Waals surface area contributed by atoms with E-state index in [0.29, 0.717) is 24.4 Å². The summed E-state index contributed by atoms with van der Waals surface area (Å²) >= 11 is 0. The van der Waals surface area contributed by atoms with Gasteiger partial charge in [0.1, 0.15) is 0 Å². The predicted octanol–water partition coefficient (Wildman–Crippen LogP) is 3.83. The number of unbranched alkanes of at least 4 members (excludes halogenated alkanes) is 3. The third-order valence-corrected chi connectivity index (χ3v) is 3.28. The van der Waals surface area contributed by atoms with Gasteiger partial charge in [0.2, 0.25) is 5.89 Å². The second kappa shape index (κ2) is 10.6. The molecule has 0 atom stereocenters. The molecule has 1 aromatic heterocycles. The predicted molar refractivity (Wildman–Crippen MR) is 87.3 cm³/mol. The standard InChI is InChI=1S/C16H32N4O/c1-13(2)9-7-5-6-8-10-18-16-20-19-15(21-16)12-17-11-14(3)4/h13-14,17H,5-12H2,1-4H3,(H,18,20). The van der Waals surface area contributed by atoms with Crippen LogP contribution in [-0.2, 0) is 6.54 Å². The normalized spacial score (nSPS) is 11.5. The summed E-state index contributed by atoms with van der Waals surface area (Å²) in [5.41, 5.74) is 0. The minimum absolute atomic E-state index is 0.540. The van der Waals surface area contributed by atoms with Gasteiger partial charge in [0.05, 0.1) is 6.54 Å². The van der Waals surface area contributed by atoms with Crippen molar-refractivity contribution in [3.05, 3.63) is 5.89 Å². The Kier molecular flexibility index (Phi) is 9.06. The highest BCUT2D eigenvalue weighted by molar-refractivity contribution is 5.16. The molecule has 0 radical (unpaired) electrons. The Hall–Kier alpha value is -1.10. The lowest BCUT2D eigenvalue weighted by atomic mass is 10.0. The van der Waals surface area contributed by atoms with Crippen LogP contribution in [0.2, 0.25) is 0 Å². The van der Waals surface area contributed by atoms with E-state index in [1.165, 1.54) is 25.7 Å². The van der Waals surface area contributed by atoms with Crippen molar-refractivity contribution in [3.8, 4) is 0 Å². The molecule has 1 aromatic rings. The zero-order chi connectivity index (χ0) is 15.5. The third kappa shape index (κ3) is 9.45. The van der Waals surface area contributed by atoms with Crippen LogP contribution in [0.1, 0.15) is 65.7 Å². The van der Waals surface area contributed by atoms with E-state index in [1.54, 1.807) is 0 Å². The maximum atomic E-state index is 5.53. The lowest BCUT2D eigenvalue weighted by Crippen LogP contribution is -2.19. The maximum Gasteiger partial charge on any atom is 0.315 e. The fraction of sp³-hybridized carbons (Fsp3) is 0.875. The third-order valence-electron chi connectivity index (χ3n) is 3.28. The highest BCUT2D eigenvalue weighted by atomic mass is 16.4. The second-order valence-electron chi connectivity index (χ2n) is 6.55. The lowest BCUT2D eigenvalue weighted by molar-refractivity contribution is 0.458. The van der Waals surface area contributed by atoms with Crippen molar-refractivity contribution in [2.75, 3.05) is 18.4 Å². The van der Waals surface area contributed by atoms with Crippen molar-refractivity contribution < 1.29 is 4.42 Å². The molecule has 0 saturated carbocycles. The number of nitrogens with zero attached hydrogens (tertiary/aromatic N) is 2. The fourth-order valence-corrected chi connectivity index (χ4v) is 2.09. The summed E-state index contributed by atoms with van der Waals surface area (Å²) in [4.78, 5) is 0. The first-order chi connectivity index (χ1) is 10.1. The Bertz CT molecular complexity index is 363. The van der Waals surface area contributed by atoms with Crippen LogP contribution in [0.4, 0.5) is 6.01 Å². The molecule has 0 bridgehead atoms. The monoisotopic (exact) mass is 296 g/mol. The molecule has 0 aliphatic heterocycles. The average molecular weight is 296 g/mol. The first-order valence-corrected chi connectivity index (χ1v) is 8.35. The molecular formula is C16H32N4O. The molecule has 0 fully saturated rings. The van der Waals surface area contributed by atoms with Crippen molar-refractivity contribution in [2.24, 2.45) is 11.8 Å². The maximum absolute atomic E-state index is 5.53. The minimum Gasteiger partial charge on any atom is -0.407 e. The summed E-state index contributed by atoms with van der Waals surface area (Å²) in [6.07, 6.45) is 6.40. The lowest BCUT2D eigenvalue weighted by Gasteiger charge is -2.05. The van der Waals surface area contributed by atoms with E-state index in [4.69, 9.17) is 4.42 Å². The second-order valence-corrected chi connectivity index (χ2v) is 6.55. The molecule has 0 saturated heterocycles. The molecule has 0 unspecified atom stereocenters. The first-order valence-electron chi connectivity index (χ1n) is 8.35. The van der Waals surface area contributed by atoms with E-state index < -0.39 is 0 Å².